The van der Waals surface area contributed by atoms with Gasteiger partial charge < -0.3 is 0 Å². The first-order valence-corrected chi connectivity index (χ1v) is 16.2. The average Bonchev–Trinajstić information content (AvgIpc) is 3.45. The van der Waals surface area contributed by atoms with E-state index in [-0.39, 0.29) is 0 Å². The van der Waals surface area contributed by atoms with Gasteiger partial charge in [-0.25, -0.2) is 4.98 Å². The normalized spacial score (nSPS) is 11.6. The van der Waals surface area contributed by atoms with E-state index in [1.165, 1.54) is 98.7 Å². The predicted molar refractivity (Wildman–Crippen MR) is 222 cm³/mol. The van der Waals surface area contributed by atoms with Crippen molar-refractivity contribution in [1.82, 2.24) is 9.55 Å². The van der Waals surface area contributed by atoms with Gasteiger partial charge in [-0.2, -0.15) is 0 Å². The highest BCUT2D eigenvalue weighted by molar-refractivity contribution is 6.70. The molecule has 10 heteroatoms. The fourth-order valence-electron chi connectivity index (χ4n) is 7.63. The van der Waals surface area contributed by atoms with Crippen molar-refractivity contribution in [3.63, 3.8) is 0 Å². The molecule has 0 aliphatic heterocycles. The van der Waals surface area contributed by atoms with Gasteiger partial charge in [-0.05, 0) is 55.9 Å². The Kier molecular flexibility index (Phi) is 7.23. The number of nitrogens with zero attached hydrogens (tertiary/aromatic N) is 2. The van der Waals surface area contributed by atoms with Crippen LogP contribution < -0.4 is 43.7 Å². The minimum atomic E-state index is 0.853. The van der Waals surface area contributed by atoms with Gasteiger partial charge in [0.15, 0.2) is 0 Å². The quantitative estimate of drug-likeness (QED) is 0.154. The molecule has 0 amide bonds. The zero-order valence-electron chi connectivity index (χ0n) is 28.1. The zero-order valence-corrected chi connectivity index (χ0v) is 28.1. The van der Waals surface area contributed by atoms with E-state index < -0.39 is 0 Å². The highest BCUT2D eigenvalue weighted by atomic mass is 15.1. The molecule has 208 valence electrons. The molecule has 2 nitrogen and oxygen atoms in total. The Hall–Kier alpha value is -4.17. The molecular weight excluding hydrogens is 535 g/mol. The molecule has 0 fully saturated rings. The van der Waals surface area contributed by atoms with E-state index in [9.17, 15) is 0 Å². The van der Waals surface area contributed by atoms with E-state index in [2.05, 4.69) is 153 Å². The predicted octanol–water partition coefficient (Wildman–Crippen LogP) is -4.70. The van der Waals surface area contributed by atoms with Crippen LogP contribution in [0.1, 0.15) is 12.7 Å². The van der Waals surface area contributed by atoms with E-state index in [4.69, 9.17) is 4.98 Å². The number of benzene rings is 6. The molecule has 0 bridgehead atoms. The summed E-state index contributed by atoms with van der Waals surface area (Å²) >= 11 is 0. The number of rotatable bonds is 4. The highest BCUT2D eigenvalue weighted by Gasteiger charge is 2.26. The minimum Gasteiger partial charge on any atom is -0.295 e. The Morgan fingerprint density at radius 3 is 1.47 bits per heavy atom. The molecule has 0 atom stereocenters. The third-order valence-electron chi connectivity index (χ3n) is 10.8. The largest absolute Gasteiger partial charge is 0.295 e. The van der Waals surface area contributed by atoms with Crippen LogP contribution in [0.2, 0.25) is 0 Å². The van der Waals surface area contributed by atoms with E-state index >= 15 is 0 Å². The van der Waals surface area contributed by atoms with E-state index in [0.29, 0.717) is 0 Å². The van der Waals surface area contributed by atoms with Crippen molar-refractivity contribution in [2.45, 2.75) is 13.3 Å². The topological polar surface area (TPSA) is 17.8 Å². The van der Waals surface area contributed by atoms with Crippen LogP contribution in [0, 0.1) is 0 Å². The molecule has 0 N–H and O–H groups in total. The van der Waals surface area contributed by atoms with Gasteiger partial charge in [-0.15, -0.1) is 21.9 Å². The first kappa shape index (κ1) is 29.5. The summed E-state index contributed by atoms with van der Waals surface area (Å²) < 4.78 is 2.49. The van der Waals surface area contributed by atoms with Crippen LogP contribution in [0.3, 0.4) is 0 Å². The number of fused-ring (bicyclic) bond motifs is 3. The molecule has 0 aliphatic carbocycles. The fourth-order valence-corrected chi connectivity index (χ4v) is 7.63. The van der Waals surface area contributed by atoms with Crippen molar-refractivity contribution in [3.8, 4) is 27.9 Å². The van der Waals surface area contributed by atoms with Gasteiger partial charge in [-0.1, -0.05) is 95.5 Å². The van der Waals surface area contributed by atoms with E-state index in [1.807, 2.05) is 0 Å². The molecule has 1 heterocycles. The molecular formula is C35H34B8N2. The van der Waals surface area contributed by atoms with Gasteiger partial charge >= 0.3 is 0 Å². The van der Waals surface area contributed by atoms with Crippen molar-refractivity contribution in [2.24, 2.45) is 0 Å². The van der Waals surface area contributed by atoms with Crippen molar-refractivity contribution in [2.75, 3.05) is 0 Å². The second-order valence-corrected chi connectivity index (χ2v) is 12.9. The Bertz CT molecular complexity index is 2250. The summed E-state index contributed by atoms with van der Waals surface area (Å²) in [4.78, 5) is 5.19. The molecule has 0 saturated carbocycles. The summed E-state index contributed by atoms with van der Waals surface area (Å²) in [6.45, 7) is 2.23. The molecule has 0 spiro atoms. The van der Waals surface area contributed by atoms with Crippen LogP contribution >= 0.6 is 0 Å². The van der Waals surface area contributed by atoms with Crippen LogP contribution in [0.15, 0.2) is 78.9 Å². The second-order valence-electron chi connectivity index (χ2n) is 12.9. The molecule has 7 aromatic rings. The van der Waals surface area contributed by atoms with Crippen LogP contribution in [0.4, 0.5) is 0 Å². The smallest absolute Gasteiger partial charge is 0.139 e. The molecule has 0 aliphatic rings. The number of imidazole rings is 1. The van der Waals surface area contributed by atoms with Gasteiger partial charge in [0.1, 0.15) is 68.6 Å². The molecule has 0 unspecified atom stereocenters. The van der Waals surface area contributed by atoms with Gasteiger partial charge in [0.2, 0.25) is 0 Å². The van der Waals surface area contributed by atoms with Gasteiger partial charge in [0, 0.05) is 6.42 Å². The summed E-state index contributed by atoms with van der Waals surface area (Å²) in [7, 11) is 18.5. The third kappa shape index (κ3) is 4.32. The highest BCUT2D eigenvalue weighted by Crippen LogP contribution is 2.39. The monoisotopic (exact) mass is 570 g/mol. The number of hydrogen-bond acceptors (Lipinski definition) is 1. The van der Waals surface area contributed by atoms with Crippen LogP contribution in [-0.2, 0) is 6.42 Å². The lowest BCUT2D eigenvalue weighted by Gasteiger charge is -2.28. The van der Waals surface area contributed by atoms with Crippen molar-refractivity contribution in [1.29, 1.82) is 0 Å². The van der Waals surface area contributed by atoms with Crippen LogP contribution in [0.5, 0.6) is 0 Å². The molecule has 1 aromatic heterocycles. The molecule has 7 rings (SSSR count). The lowest BCUT2D eigenvalue weighted by atomic mass is 9.60. The standard InChI is InChI=1S/C35H34B8N2/c1-2-21-44-19-10-6-7-11-20(19)45(21)35-25-23(27(36)31(40)33(42)29(25)38)22(24-26(35)30(39)34(43)32(41)28(24)37)18-14-12-17(13-15-18)16-8-4-3-5-9-16/h3-15H,2,36-43H2,1H3. The van der Waals surface area contributed by atoms with E-state index in [1.54, 1.807) is 0 Å². The van der Waals surface area contributed by atoms with Crippen molar-refractivity contribution >= 4 is 139 Å². The van der Waals surface area contributed by atoms with Crippen LogP contribution in [0.25, 0.3) is 60.5 Å². The van der Waals surface area contributed by atoms with E-state index in [0.717, 1.165) is 17.8 Å². The molecule has 45 heavy (non-hydrogen) atoms. The molecule has 0 radical (unpaired) electrons. The third-order valence-corrected chi connectivity index (χ3v) is 10.8. The summed E-state index contributed by atoms with van der Waals surface area (Å²) in [6, 6.07) is 28.6. The first-order valence-electron chi connectivity index (χ1n) is 16.2. The summed E-state index contributed by atoms with van der Waals surface area (Å²) in [5.41, 5.74) is 19.5. The summed E-state index contributed by atoms with van der Waals surface area (Å²) in [6.07, 6.45) is 0.853. The number of hydrogen-bond donors (Lipinski definition) is 0. The summed E-state index contributed by atoms with van der Waals surface area (Å²) in [5, 5.41) is 5.40. The Balaban J connectivity index is 1.76. The lowest BCUT2D eigenvalue weighted by Crippen LogP contribution is -2.50. The van der Waals surface area contributed by atoms with Crippen molar-refractivity contribution in [3.05, 3.63) is 84.7 Å². The fraction of sp³-hybridized carbons (Fsp3) is 0.0571. The number of para-hydroxylation sites is 2. The first-order chi connectivity index (χ1) is 21.6. The maximum absolute atomic E-state index is 5.19. The molecule has 6 aromatic carbocycles. The maximum atomic E-state index is 5.19. The van der Waals surface area contributed by atoms with Gasteiger partial charge in [-0.3, -0.25) is 4.57 Å². The number of aromatic nitrogens is 2. The lowest BCUT2D eigenvalue weighted by molar-refractivity contribution is 0.917. The summed E-state index contributed by atoms with van der Waals surface area (Å²) in [5.74, 6) is 1.10. The number of aryl methyl sites for hydroxylation is 1. The Morgan fingerprint density at radius 2 is 0.933 bits per heavy atom. The second kappa shape index (κ2) is 11.0. The average molecular weight is 569 g/mol. The van der Waals surface area contributed by atoms with Gasteiger partial charge in [0.25, 0.3) is 0 Å². The van der Waals surface area contributed by atoms with Crippen molar-refractivity contribution < 1.29 is 0 Å². The zero-order chi connectivity index (χ0) is 31.7. The van der Waals surface area contributed by atoms with Gasteiger partial charge in [0.05, 0.1) is 16.7 Å². The SMILES string of the molecule is Bc1c(B)c(B)c2c(-n3c(CC)nc4ccccc43)c3c(B)c(B)c(B)c(B)c3c(-c3ccc(-c4ccccc4)cc3)c2c1B. The minimum absolute atomic E-state index is 0.853. The Morgan fingerprint density at radius 1 is 0.489 bits per heavy atom. The molecule has 0 saturated heterocycles. The van der Waals surface area contributed by atoms with Crippen LogP contribution in [-0.4, -0.2) is 72.3 Å². The maximum Gasteiger partial charge on any atom is 0.139 e. The Labute approximate surface area is 273 Å².